The molecule has 6 nitrogen and oxygen atoms in total. The maximum atomic E-state index is 13.6. The first kappa shape index (κ1) is 17.9. The first-order valence-corrected chi connectivity index (χ1v) is 8.27. The molecule has 26 heavy (non-hydrogen) atoms. The number of hydrogen-bond donors (Lipinski definition) is 1. The minimum Gasteiger partial charge on any atom is -0.496 e. The molecule has 0 aliphatic carbocycles. The number of carbonyl (C=O) groups excluding carboxylic acids is 1. The Morgan fingerprint density at radius 2 is 2.04 bits per heavy atom. The third-order valence-electron chi connectivity index (χ3n) is 4.08. The summed E-state index contributed by atoms with van der Waals surface area (Å²) in [6.07, 6.45) is 1.47. The van der Waals surface area contributed by atoms with E-state index in [9.17, 15) is 9.18 Å². The summed E-state index contributed by atoms with van der Waals surface area (Å²) in [7, 11) is 1.58. The number of halogens is 1. The molecule has 7 heteroatoms. The number of benzene rings is 2. The van der Waals surface area contributed by atoms with Crippen LogP contribution in [0.15, 0.2) is 47.6 Å². The Morgan fingerprint density at radius 3 is 2.77 bits per heavy atom. The molecule has 136 valence electrons. The molecular weight excluding hydrogens is 337 g/mol. The van der Waals surface area contributed by atoms with Crippen LogP contribution in [0, 0.1) is 5.82 Å². The van der Waals surface area contributed by atoms with Crippen molar-refractivity contribution in [3.63, 3.8) is 0 Å². The number of anilines is 1. The monoisotopic (exact) mass is 357 g/mol. The topological polar surface area (TPSA) is 63.2 Å². The molecule has 0 radical (unpaired) electrons. The maximum Gasteiger partial charge on any atom is 0.274 e. The number of nitrogens with zero attached hydrogens (tertiary/aromatic N) is 2. The second-order valence-electron chi connectivity index (χ2n) is 5.70. The number of carbonyl (C=O) groups is 1. The van der Waals surface area contributed by atoms with Gasteiger partial charge in [-0.05, 0) is 24.3 Å². The highest BCUT2D eigenvalue weighted by Gasteiger charge is 2.13. The first-order valence-electron chi connectivity index (χ1n) is 8.27. The highest BCUT2D eigenvalue weighted by molar-refractivity contribution is 5.95. The predicted molar refractivity (Wildman–Crippen MR) is 97.5 cm³/mol. The van der Waals surface area contributed by atoms with Crippen LogP contribution in [-0.2, 0) is 4.74 Å². The Bertz CT molecular complexity index is 804. The molecule has 0 unspecified atom stereocenters. The average molecular weight is 357 g/mol. The molecule has 1 amide bonds. The molecule has 1 aliphatic rings. The van der Waals surface area contributed by atoms with E-state index in [-0.39, 0.29) is 5.56 Å². The molecule has 0 bridgehead atoms. The zero-order chi connectivity index (χ0) is 18.4. The summed E-state index contributed by atoms with van der Waals surface area (Å²) in [6.45, 7) is 3.06. The molecule has 1 N–H and O–H groups in total. The van der Waals surface area contributed by atoms with Crippen molar-refractivity contribution >= 4 is 17.8 Å². The van der Waals surface area contributed by atoms with Crippen molar-refractivity contribution in [3.05, 3.63) is 59.4 Å². The summed E-state index contributed by atoms with van der Waals surface area (Å²) in [4.78, 5) is 14.2. The Kier molecular flexibility index (Phi) is 5.80. The van der Waals surface area contributed by atoms with Gasteiger partial charge in [0.05, 0.1) is 32.1 Å². The number of nitrogens with one attached hydrogen (secondary N) is 1. The fourth-order valence-corrected chi connectivity index (χ4v) is 2.69. The van der Waals surface area contributed by atoms with E-state index < -0.39 is 11.7 Å². The number of amides is 1. The van der Waals surface area contributed by atoms with E-state index in [2.05, 4.69) is 15.4 Å². The fraction of sp³-hybridized carbons (Fsp3) is 0.263. The summed E-state index contributed by atoms with van der Waals surface area (Å²) in [6, 6.07) is 11.5. The van der Waals surface area contributed by atoms with Gasteiger partial charge >= 0.3 is 0 Å². The number of hydrazone groups is 1. The predicted octanol–water partition coefficient (Wildman–Crippen LogP) is 2.43. The number of methoxy groups -OCH3 is 1. The van der Waals surface area contributed by atoms with E-state index in [1.165, 1.54) is 24.4 Å². The zero-order valence-corrected chi connectivity index (χ0v) is 14.4. The summed E-state index contributed by atoms with van der Waals surface area (Å²) in [5.74, 6) is -0.561. The Hall–Kier alpha value is -2.93. The van der Waals surface area contributed by atoms with Crippen LogP contribution in [0.25, 0.3) is 0 Å². The minimum absolute atomic E-state index is 0.0562. The van der Waals surface area contributed by atoms with Crippen LogP contribution in [0.1, 0.15) is 15.9 Å². The molecule has 0 saturated carbocycles. The van der Waals surface area contributed by atoms with E-state index in [4.69, 9.17) is 9.47 Å². The van der Waals surface area contributed by atoms with Gasteiger partial charge in [0.2, 0.25) is 0 Å². The molecule has 0 atom stereocenters. The molecule has 1 aliphatic heterocycles. The van der Waals surface area contributed by atoms with Gasteiger partial charge in [0, 0.05) is 30.4 Å². The average Bonchev–Trinajstić information content (AvgIpc) is 2.69. The largest absolute Gasteiger partial charge is 0.496 e. The lowest BCUT2D eigenvalue weighted by Gasteiger charge is -2.29. The van der Waals surface area contributed by atoms with Gasteiger partial charge in [0.1, 0.15) is 11.6 Å². The fourth-order valence-electron chi connectivity index (χ4n) is 2.69. The molecule has 1 fully saturated rings. The Labute approximate surface area is 151 Å². The summed E-state index contributed by atoms with van der Waals surface area (Å²) in [5.41, 5.74) is 4.02. The van der Waals surface area contributed by atoms with Gasteiger partial charge in [0.25, 0.3) is 5.91 Å². The van der Waals surface area contributed by atoms with Gasteiger partial charge < -0.3 is 14.4 Å². The highest BCUT2D eigenvalue weighted by Crippen LogP contribution is 2.25. The zero-order valence-electron chi connectivity index (χ0n) is 14.4. The van der Waals surface area contributed by atoms with E-state index in [0.717, 1.165) is 18.8 Å². The van der Waals surface area contributed by atoms with Crippen LogP contribution in [-0.4, -0.2) is 45.5 Å². The van der Waals surface area contributed by atoms with Crippen LogP contribution < -0.4 is 15.1 Å². The number of rotatable bonds is 5. The molecular formula is C19H20FN3O3. The molecule has 0 spiro atoms. The molecule has 3 rings (SSSR count). The molecule has 2 aromatic carbocycles. The lowest BCUT2D eigenvalue weighted by molar-refractivity contribution is 0.0951. The normalized spacial score (nSPS) is 14.5. The summed E-state index contributed by atoms with van der Waals surface area (Å²) in [5, 5.41) is 3.91. The van der Waals surface area contributed by atoms with Crippen LogP contribution in [0.4, 0.5) is 10.1 Å². The van der Waals surface area contributed by atoms with Gasteiger partial charge in [-0.3, -0.25) is 4.79 Å². The summed E-state index contributed by atoms with van der Waals surface area (Å²) < 4.78 is 24.4. The minimum atomic E-state index is -0.608. The van der Waals surface area contributed by atoms with Crippen LogP contribution in [0.2, 0.25) is 0 Å². The SMILES string of the molecule is COc1cc(N2CCOCC2)ccc1/C=N\NC(=O)c1ccccc1F. The van der Waals surface area contributed by atoms with Crippen LogP contribution in [0.5, 0.6) is 5.75 Å². The third-order valence-corrected chi connectivity index (χ3v) is 4.08. The van der Waals surface area contributed by atoms with E-state index >= 15 is 0 Å². The molecule has 1 saturated heterocycles. The van der Waals surface area contributed by atoms with Crippen molar-refractivity contribution in [3.8, 4) is 5.75 Å². The van der Waals surface area contributed by atoms with Crippen LogP contribution in [0.3, 0.4) is 0 Å². The second-order valence-corrected chi connectivity index (χ2v) is 5.70. The van der Waals surface area contributed by atoms with E-state index in [1.807, 2.05) is 18.2 Å². The van der Waals surface area contributed by atoms with Gasteiger partial charge in [-0.25, -0.2) is 9.82 Å². The lowest BCUT2D eigenvalue weighted by atomic mass is 10.1. The van der Waals surface area contributed by atoms with Gasteiger partial charge in [-0.1, -0.05) is 12.1 Å². The van der Waals surface area contributed by atoms with Crippen molar-refractivity contribution in [2.75, 3.05) is 38.3 Å². The van der Waals surface area contributed by atoms with E-state index in [0.29, 0.717) is 24.5 Å². The number of ether oxygens (including phenoxy) is 2. The van der Waals surface area contributed by atoms with Crippen LogP contribution >= 0.6 is 0 Å². The smallest absolute Gasteiger partial charge is 0.274 e. The van der Waals surface area contributed by atoms with Gasteiger partial charge in [-0.2, -0.15) is 5.10 Å². The number of hydrogen-bond acceptors (Lipinski definition) is 5. The van der Waals surface area contributed by atoms with Gasteiger partial charge in [0.15, 0.2) is 0 Å². The summed E-state index contributed by atoms with van der Waals surface area (Å²) >= 11 is 0. The number of morpholine rings is 1. The van der Waals surface area contributed by atoms with Crippen molar-refractivity contribution in [1.29, 1.82) is 0 Å². The van der Waals surface area contributed by atoms with Gasteiger partial charge in [-0.15, -0.1) is 0 Å². The van der Waals surface area contributed by atoms with Crippen molar-refractivity contribution < 1.29 is 18.7 Å². The van der Waals surface area contributed by atoms with Crippen molar-refractivity contribution in [1.82, 2.24) is 5.43 Å². The highest BCUT2D eigenvalue weighted by atomic mass is 19.1. The van der Waals surface area contributed by atoms with Crippen molar-refractivity contribution in [2.45, 2.75) is 0 Å². The lowest BCUT2D eigenvalue weighted by Crippen LogP contribution is -2.36. The molecule has 2 aromatic rings. The first-order chi connectivity index (χ1) is 12.7. The van der Waals surface area contributed by atoms with Crippen molar-refractivity contribution in [2.24, 2.45) is 5.10 Å². The second kappa shape index (κ2) is 8.44. The Balaban J connectivity index is 1.69. The molecule has 1 heterocycles. The standard InChI is InChI=1S/C19H20FN3O3/c1-25-18-12-15(23-8-10-26-11-9-23)7-6-14(18)13-21-22-19(24)16-4-2-3-5-17(16)20/h2-7,12-13H,8-11H2,1H3,(H,22,24)/b21-13-. The quantitative estimate of drug-likeness (QED) is 0.659. The third kappa shape index (κ3) is 4.18. The van der Waals surface area contributed by atoms with E-state index in [1.54, 1.807) is 13.2 Å². The Morgan fingerprint density at radius 1 is 1.27 bits per heavy atom. The maximum absolute atomic E-state index is 13.6. The molecule has 0 aromatic heterocycles.